The minimum absolute atomic E-state index is 0.116. The maximum atomic E-state index is 12.3. The second-order valence-corrected chi connectivity index (χ2v) is 4.68. The molecule has 0 unspecified atom stereocenters. The summed E-state index contributed by atoms with van der Waals surface area (Å²) in [5.74, 6) is -0.575. The van der Waals surface area contributed by atoms with Gasteiger partial charge >= 0.3 is 12.1 Å². The summed E-state index contributed by atoms with van der Waals surface area (Å²) < 4.78 is 43.2. The molecule has 19 heavy (non-hydrogen) atoms. The first-order valence-electron chi connectivity index (χ1n) is 5.12. The van der Waals surface area contributed by atoms with Crippen LogP contribution < -0.4 is 0 Å². The molecule has 0 saturated heterocycles. The summed E-state index contributed by atoms with van der Waals surface area (Å²) in [5, 5.41) is 0. The number of nitrogens with zero attached hydrogens (tertiary/aromatic N) is 2. The third-order valence-electron chi connectivity index (χ3n) is 2.36. The molecule has 0 fully saturated rings. The van der Waals surface area contributed by atoms with E-state index >= 15 is 0 Å². The van der Waals surface area contributed by atoms with Gasteiger partial charge < -0.3 is 9.14 Å². The second-order valence-electron chi connectivity index (χ2n) is 3.82. The van der Waals surface area contributed by atoms with Crippen molar-refractivity contribution >= 4 is 27.5 Å². The van der Waals surface area contributed by atoms with Gasteiger partial charge in [0.25, 0.3) is 0 Å². The highest BCUT2D eigenvalue weighted by molar-refractivity contribution is 9.10. The molecule has 2 rings (SSSR count). The summed E-state index contributed by atoms with van der Waals surface area (Å²) in [4.78, 5) is 15.3. The lowest BCUT2D eigenvalue weighted by atomic mass is 10.3. The Labute approximate surface area is 114 Å². The SMILES string of the molecule is COC(=O)c1cc(Br)c2nc(CC(F)(F)F)cn2c1. The van der Waals surface area contributed by atoms with E-state index in [9.17, 15) is 18.0 Å². The number of hydrogen-bond acceptors (Lipinski definition) is 3. The third-order valence-corrected chi connectivity index (χ3v) is 2.94. The van der Waals surface area contributed by atoms with E-state index in [1.165, 1.54) is 30.0 Å². The zero-order valence-corrected chi connectivity index (χ0v) is 11.2. The molecule has 4 nitrogen and oxygen atoms in total. The Kier molecular flexibility index (Phi) is 3.53. The van der Waals surface area contributed by atoms with Crippen LogP contribution in [0.15, 0.2) is 22.9 Å². The number of aromatic nitrogens is 2. The number of ether oxygens (including phenoxy) is 1. The normalized spacial score (nSPS) is 11.8. The topological polar surface area (TPSA) is 43.6 Å². The van der Waals surface area contributed by atoms with Gasteiger partial charge in [0.15, 0.2) is 5.65 Å². The van der Waals surface area contributed by atoms with Crippen LogP contribution in [-0.2, 0) is 11.2 Å². The summed E-state index contributed by atoms with van der Waals surface area (Å²) in [7, 11) is 1.23. The van der Waals surface area contributed by atoms with Crippen molar-refractivity contribution in [3.05, 3.63) is 34.2 Å². The molecular formula is C11H8BrF3N2O2. The molecule has 0 N–H and O–H groups in total. The fraction of sp³-hybridized carbons (Fsp3) is 0.273. The Morgan fingerprint density at radius 1 is 1.47 bits per heavy atom. The molecule has 0 aliphatic rings. The van der Waals surface area contributed by atoms with Crippen LogP contribution in [0.5, 0.6) is 0 Å². The number of carbonyl (C=O) groups is 1. The van der Waals surface area contributed by atoms with Crippen molar-refractivity contribution in [1.29, 1.82) is 0 Å². The molecule has 0 aromatic carbocycles. The van der Waals surface area contributed by atoms with Crippen LogP contribution in [0.25, 0.3) is 5.65 Å². The number of hydrogen-bond donors (Lipinski definition) is 0. The molecular weight excluding hydrogens is 329 g/mol. The predicted molar refractivity (Wildman–Crippen MR) is 64.0 cm³/mol. The van der Waals surface area contributed by atoms with Crippen molar-refractivity contribution in [3.8, 4) is 0 Å². The predicted octanol–water partition coefficient (Wildman–Crippen LogP) is 2.99. The molecule has 0 amide bonds. The van der Waals surface area contributed by atoms with E-state index in [-0.39, 0.29) is 11.3 Å². The standard InChI is InChI=1S/C11H8BrF3N2O2/c1-19-10(18)6-2-8(12)9-16-7(3-11(13,14)15)5-17(9)4-6/h2,4-5H,3H2,1H3. The number of fused-ring (bicyclic) bond motifs is 1. The zero-order valence-electron chi connectivity index (χ0n) is 9.66. The number of esters is 1. The van der Waals surface area contributed by atoms with Crippen molar-refractivity contribution in [1.82, 2.24) is 9.38 Å². The first-order valence-corrected chi connectivity index (χ1v) is 5.91. The fourth-order valence-electron chi connectivity index (χ4n) is 1.63. The Hall–Kier alpha value is -1.57. The van der Waals surface area contributed by atoms with Crippen LogP contribution in [0.2, 0.25) is 0 Å². The molecule has 0 saturated carbocycles. The number of pyridine rings is 1. The van der Waals surface area contributed by atoms with Gasteiger partial charge in [-0.05, 0) is 22.0 Å². The highest BCUT2D eigenvalue weighted by Gasteiger charge is 2.29. The van der Waals surface area contributed by atoms with Gasteiger partial charge in [-0.2, -0.15) is 13.2 Å². The van der Waals surface area contributed by atoms with Crippen LogP contribution in [-0.4, -0.2) is 28.6 Å². The first-order chi connectivity index (χ1) is 8.80. The molecule has 0 aliphatic heterocycles. The van der Waals surface area contributed by atoms with Crippen LogP contribution >= 0.6 is 15.9 Å². The maximum absolute atomic E-state index is 12.3. The maximum Gasteiger partial charge on any atom is 0.394 e. The lowest BCUT2D eigenvalue weighted by molar-refractivity contribution is -0.127. The highest BCUT2D eigenvalue weighted by atomic mass is 79.9. The van der Waals surface area contributed by atoms with E-state index in [2.05, 4.69) is 25.7 Å². The Bertz CT molecular complexity index is 637. The molecule has 2 aromatic heterocycles. The van der Waals surface area contributed by atoms with Crippen molar-refractivity contribution in [2.45, 2.75) is 12.6 Å². The van der Waals surface area contributed by atoms with Gasteiger partial charge in [0.1, 0.15) is 0 Å². The van der Waals surface area contributed by atoms with Gasteiger partial charge in [0.05, 0.1) is 29.3 Å². The van der Waals surface area contributed by atoms with Crippen molar-refractivity contribution in [2.75, 3.05) is 7.11 Å². The van der Waals surface area contributed by atoms with Crippen molar-refractivity contribution in [2.24, 2.45) is 0 Å². The monoisotopic (exact) mass is 336 g/mol. The molecule has 0 bridgehead atoms. The highest BCUT2D eigenvalue weighted by Crippen LogP contribution is 2.24. The minimum atomic E-state index is -4.32. The smallest absolute Gasteiger partial charge is 0.394 e. The average molecular weight is 337 g/mol. The van der Waals surface area contributed by atoms with E-state index in [1.54, 1.807) is 0 Å². The van der Waals surface area contributed by atoms with E-state index < -0.39 is 18.6 Å². The van der Waals surface area contributed by atoms with Crippen LogP contribution in [0.3, 0.4) is 0 Å². The molecule has 0 atom stereocenters. The molecule has 0 spiro atoms. The van der Waals surface area contributed by atoms with Gasteiger partial charge in [0.2, 0.25) is 0 Å². The van der Waals surface area contributed by atoms with Crippen molar-refractivity contribution < 1.29 is 22.7 Å². The Morgan fingerprint density at radius 3 is 2.74 bits per heavy atom. The van der Waals surface area contributed by atoms with Gasteiger partial charge in [-0.25, -0.2) is 9.78 Å². The zero-order chi connectivity index (χ0) is 14.2. The van der Waals surface area contributed by atoms with E-state index in [1.807, 2.05) is 0 Å². The van der Waals surface area contributed by atoms with Gasteiger partial charge in [-0.3, -0.25) is 0 Å². The molecule has 0 radical (unpaired) electrons. The molecule has 102 valence electrons. The summed E-state index contributed by atoms with van der Waals surface area (Å²) >= 11 is 3.17. The van der Waals surface area contributed by atoms with Crippen LogP contribution in [0.1, 0.15) is 16.1 Å². The van der Waals surface area contributed by atoms with Crippen LogP contribution in [0, 0.1) is 0 Å². The first kappa shape index (κ1) is 13.9. The lowest BCUT2D eigenvalue weighted by Gasteiger charge is -2.01. The van der Waals surface area contributed by atoms with E-state index in [4.69, 9.17) is 0 Å². The van der Waals surface area contributed by atoms with Crippen LogP contribution in [0.4, 0.5) is 13.2 Å². The number of imidazole rings is 1. The quantitative estimate of drug-likeness (QED) is 0.792. The summed E-state index contributed by atoms with van der Waals surface area (Å²) in [5.41, 5.74) is 0.417. The summed E-state index contributed by atoms with van der Waals surface area (Å²) in [6.07, 6.45) is -2.83. The number of halogens is 4. The fourth-order valence-corrected chi connectivity index (χ4v) is 2.17. The number of methoxy groups -OCH3 is 1. The Balaban J connectivity index is 2.48. The molecule has 0 aliphatic carbocycles. The van der Waals surface area contributed by atoms with E-state index in [0.29, 0.717) is 10.1 Å². The molecule has 2 aromatic rings. The second kappa shape index (κ2) is 4.84. The number of alkyl halides is 3. The van der Waals surface area contributed by atoms with E-state index in [0.717, 1.165) is 0 Å². The summed E-state index contributed by atoms with van der Waals surface area (Å²) in [6.45, 7) is 0. The van der Waals surface area contributed by atoms with Gasteiger partial charge in [0, 0.05) is 12.4 Å². The third kappa shape index (κ3) is 3.06. The number of rotatable bonds is 2. The molecule has 8 heteroatoms. The summed E-state index contributed by atoms with van der Waals surface area (Å²) in [6, 6.07) is 1.45. The largest absolute Gasteiger partial charge is 0.465 e. The Morgan fingerprint density at radius 2 is 2.16 bits per heavy atom. The number of carbonyl (C=O) groups excluding carboxylic acids is 1. The molecule has 2 heterocycles. The van der Waals surface area contributed by atoms with Crippen molar-refractivity contribution in [3.63, 3.8) is 0 Å². The van der Waals surface area contributed by atoms with Gasteiger partial charge in [-0.1, -0.05) is 0 Å². The van der Waals surface area contributed by atoms with Gasteiger partial charge in [-0.15, -0.1) is 0 Å². The minimum Gasteiger partial charge on any atom is -0.465 e. The lowest BCUT2D eigenvalue weighted by Crippen LogP contribution is -2.11. The average Bonchev–Trinajstić information content (AvgIpc) is 2.68.